The number of pyridine rings is 1. The lowest BCUT2D eigenvalue weighted by atomic mass is 9.75. The summed E-state index contributed by atoms with van der Waals surface area (Å²) in [7, 11) is 1.58. The zero-order valence-electron chi connectivity index (χ0n) is 15.8. The lowest BCUT2D eigenvalue weighted by Crippen LogP contribution is -2.41. The molecule has 1 amide bonds. The maximum Gasteiger partial charge on any atom is 0.253 e. The van der Waals surface area contributed by atoms with E-state index in [1.165, 1.54) is 0 Å². The number of carbonyl (C=O) groups is 1. The Labute approximate surface area is 154 Å². The van der Waals surface area contributed by atoms with Crippen molar-refractivity contribution in [2.24, 2.45) is 5.92 Å². The van der Waals surface area contributed by atoms with Crippen molar-refractivity contribution in [1.82, 2.24) is 14.9 Å². The number of aryl methyl sites for hydroxylation is 1. The van der Waals surface area contributed by atoms with Crippen LogP contribution in [0.1, 0.15) is 53.1 Å². The molecule has 2 aromatic heterocycles. The number of aliphatic hydroxyl groups excluding tert-OH is 1. The predicted molar refractivity (Wildman–Crippen MR) is 99.3 cm³/mol. The van der Waals surface area contributed by atoms with Crippen LogP contribution in [0.25, 0.3) is 0 Å². The smallest absolute Gasteiger partial charge is 0.253 e. The molecule has 0 saturated heterocycles. The molecule has 2 N–H and O–H groups in total. The van der Waals surface area contributed by atoms with E-state index in [0.29, 0.717) is 24.3 Å². The number of hydrogen-bond acceptors (Lipinski definition) is 4. The molecular weight excluding hydrogens is 330 g/mol. The summed E-state index contributed by atoms with van der Waals surface area (Å²) in [6.07, 6.45) is 2.83. The lowest BCUT2D eigenvalue weighted by molar-refractivity contribution is 0.0234. The summed E-state index contributed by atoms with van der Waals surface area (Å²) < 4.78 is 7.25. The van der Waals surface area contributed by atoms with E-state index in [-0.39, 0.29) is 24.0 Å². The number of rotatable bonds is 6. The molecule has 1 atom stereocenters. The highest BCUT2D eigenvalue weighted by Gasteiger charge is 2.36. The SMILES string of the molecule is CCn1c(C)cc(C(=O)NC(c2ccc(OC)nc2)C2CC(O)C2)c1C. The van der Waals surface area contributed by atoms with Gasteiger partial charge in [0.1, 0.15) is 0 Å². The Hall–Kier alpha value is -2.34. The third-order valence-corrected chi connectivity index (χ3v) is 5.37. The maximum absolute atomic E-state index is 12.9. The van der Waals surface area contributed by atoms with Crippen LogP contribution in [0.2, 0.25) is 0 Å². The summed E-state index contributed by atoms with van der Waals surface area (Å²) in [6.45, 7) is 6.90. The van der Waals surface area contributed by atoms with Crippen LogP contribution >= 0.6 is 0 Å². The van der Waals surface area contributed by atoms with Crippen LogP contribution in [0.5, 0.6) is 5.88 Å². The largest absolute Gasteiger partial charge is 0.481 e. The normalized spacial score (nSPS) is 20.3. The Morgan fingerprint density at radius 2 is 2.15 bits per heavy atom. The fourth-order valence-electron chi connectivity index (χ4n) is 3.81. The molecule has 0 bridgehead atoms. The van der Waals surface area contributed by atoms with Crippen LogP contribution in [0, 0.1) is 19.8 Å². The molecule has 1 unspecified atom stereocenters. The lowest BCUT2D eigenvalue weighted by Gasteiger charge is -2.38. The summed E-state index contributed by atoms with van der Waals surface area (Å²) in [4.78, 5) is 17.2. The molecule has 0 radical (unpaired) electrons. The molecule has 1 fully saturated rings. The zero-order valence-corrected chi connectivity index (χ0v) is 15.8. The summed E-state index contributed by atoms with van der Waals surface area (Å²) in [6, 6.07) is 5.49. The first-order valence-electron chi connectivity index (χ1n) is 9.10. The average molecular weight is 357 g/mol. The van der Waals surface area contributed by atoms with Gasteiger partial charge < -0.3 is 19.7 Å². The number of hydrogen-bond donors (Lipinski definition) is 2. The molecule has 1 aliphatic carbocycles. The fraction of sp³-hybridized carbons (Fsp3) is 0.500. The van der Waals surface area contributed by atoms with Gasteiger partial charge in [0.05, 0.1) is 24.8 Å². The van der Waals surface area contributed by atoms with E-state index in [2.05, 4.69) is 21.8 Å². The van der Waals surface area contributed by atoms with Gasteiger partial charge in [-0.25, -0.2) is 4.98 Å². The minimum absolute atomic E-state index is 0.0833. The van der Waals surface area contributed by atoms with Crippen molar-refractivity contribution < 1.29 is 14.6 Å². The van der Waals surface area contributed by atoms with Crippen LogP contribution in [0.4, 0.5) is 0 Å². The molecule has 1 aliphatic rings. The van der Waals surface area contributed by atoms with Crippen molar-refractivity contribution in [3.05, 3.63) is 46.9 Å². The first kappa shape index (κ1) is 18.5. The number of aromatic nitrogens is 2. The fourth-order valence-corrected chi connectivity index (χ4v) is 3.81. The number of amides is 1. The van der Waals surface area contributed by atoms with Gasteiger partial charge in [-0.05, 0) is 51.2 Å². The number of nitrogens with zero attached hydrogens (tertiary/aromatic N) is 2. The quantitative estimate of drug-likeness (QED) is 0.833. The van der Waals surface area contributed by atoms with Crippen molar-refractivity contribution in [2.75, 3.05) is 7.11 Å². The highest BCUT2D eigenvalue weighted by molar-refractivity contribution is 5.96. The van der Waals surface area contributed by atoms with Crippen molar-refractivity contribution in [3.63, 3.8) is 0 Å². The topological polar surface area (TPSA) is 76.4 Å². The Morgan fingerprint density at radius 3 is 2.65 bits per heavy atom. The molecule has 3 rings (SSSR count). The van der Waals surface area contributed by atoms with E-state index < -0.39 is 0 Å². The Bertz CT molecular complexity index is 776. The number of carbonyl (C=O) groups excluding carboxylic acids is 1. The first-order chi connectivity index (χ1) is 12.4. The highest BCUT2D eigenvalue weighted by Crippen LogP contribution is 2.38. The molecule has 2 heterocycles. The van der Waals surface area contributed by atoms with Crippen molar-refractivity contribution in [1.29, 1.82) is 0 Å². The predicted octanol–water partition coefficient (Wildman–Crippen LogP) is 2.77. The van der Waals surface area contributed by atoms with E-state index >= 15 is 0 Å². The highest BCUT2D eigenvalue weighted by atomic mass is 16.5. The Balaban J connectivity index is 1.84. The maximum atomic E-state index is 12.9. The summed E-state index contributed by atoms with van der Waals surface area (Å²) in [5.74, 6) is 0.665. The van der Waals surface area contributed by atoms with Crippen LogP contribution < -0.4 is 10.1 Å². The minimum atomic E-state index is -0.282. The van der Waals surface area contributed by atoms with Crippen molar-refractivity contribution >= 4 is 5.91 Å². The van der Waals surface area contributed by atoms with E-state index in [1.54, 1.807) is 19.4 Å². The van der Waals surface area contributed by atoms with Crippen molar-refractivity contribution in [2.45, 2.75) is 52.3 Å². The third kappa shape index (κ3) is 3.46. The minimum Gasteiger partial charge on any atom is -0.481 e. The van der Waals surface area contributed by atoms with Gasteiger partial charge in [-0.1, -0.05) is 6.07 Å². The van der Waals surface area contributed by atoms with Gasteiger partial charge in [-0.3, -0.25) is 4.79 Å². The third-order valence-electron chi connectivity index (χ3n) is 5.37. The van der Waals surface area contributed by atoms with Gasteiger partial charge in [0.15, 0.2) is 0 Å². The molecule has 0 aromatic carbocycles. The van der Waals surface area contributed by atoms with E-state index in [0.717, 1.165) is 23.5 Å². The molecule has 26 heavy (non-hydrogen) atoms. The van der Waals surface area contributed by atoms with Crippen LogP contribution in [-0.2, 0) is 6.54 Å². The van der Waals surface area contributed by atoms with Gasteiger partial charge in [0.25, 0.3) is 5.91 Å². The molecule has 1 saturated carbocycles. The molecular formula is C20H27N3O3. The van der Waals surface area contributed by atoms with Gasteiger partial charge >= 0.3 is 0 Å². The summed E-state index contributed by atoms with van der Waals surface area (Å²) in [5, 5.41) is 12.9. The summed E-state index contributed by atoms with van der Waals surface area (Å²) >= 11 is 0. The Morgan fingerprint density at radius 1 is 1.42 bits per heavy atom. The van der Waals surface area contributed by atoms with E-state index in [9.17, 15) is 9.90 Å². The van der Waals surface area contributed by atoms with Crippen LogP contribution in [0.15, 0.2) is 24.4 Å². The van der Waals surface area contributed by atoms with E-state index in [1.807, 2.05) is 26.0 Å². The second-order valence-electron chi connectivity index (χ2n) is 7.00. The zero-order chi connectivity index (χ0) is 18.8. The second kappa shape index (κ2) is 7.50. The summed E-state index contributed by atoms with van der Waals surface area (Å²) in [5.41, 5.74) is 3.69. The molecule has 6 heteroatoms. The molecule has 6 nitrogen and oxygen atoms in total. The van der Waals surface area contributed by atoms with E-state index in [4.69, 9.17) is 4.74 Å². The Kier molecular flexibility index (Phi) is 5.32. The van der Waals surface area contributed by atoms with Gasteiger partial charge in [0.2, 0.25) is 5.88 Å². The first-order valence-corrected chi connectivity index (χ1v) is 9.10. The molecule has 0 spiro atoms. The van der Waals surface area contributed by atoms with Crippen LogP contribution in [-0.4, -0.2) is 33.8 Å². The average Bonchev–Trinajstić information content (AvgIpc) is 2.91. The van der Waals surface area contributed by atoms with Gasteiger partial charge in [-0.15, -0.1) is 0 Å². The molecule has 2 aromatic rings. The van der Waals surface area contributed by atoms with Gasteiger partial charge in [0, 0.05) is 30.2 Å². The number of methoxy groups -OCH3 is 1. The molecule has 0 aliphatic heterocycles. The monoisotopic (exact) mass is 357 g/mol. The number of nitrogens with one attached hydrogen (secondary N) is 1. The van der Waals surface area contributed by atoms with Gasteiger partial charge in [-0.2, -0.15) is 0 Å². The second-order valence-corrected chi connectivity index (χ2v) is 7.00. The standard InChI is InChI=1S/C20H27N3O3/c1-5-23-12(2)8-17(13(23)3)20(25)22-19(15-9-16(24)10-15)14-6-7-18(26-4)21-11-14/h6-8,11,15-16,19,24H,5,9-10H2,1-4H3,(H,22,25). The van der Waals surface area contributed by atoms with Crippen LogP contribution in [0.3, 0.4) is 0 Å². The number of aliphatic hydroxyl groups is 1. The number of ether oxygens (including phenoxy) is 1. The molecule has 140 valence electrons. The van der Waals surface area contributed by atoms with Crippen molar-refractivity contribution in [3.8, 4) is 5.88 Å².